The Balaban J connectivity index is 2.10. The lowest BCUT2D eigenvalue weighted by Gasteiger charge is -2.03. The summed E-state index contributed by atoms with van der Waals surface area (Å²) in [6.45, 7) is 0. The van der Waals surface area contributed by atoms with Gasteiger partial charge in [0.05, 0.1) is 11.0 Å². The second-order valence-electron chi connectivity index (χ2n) is 4.52. The summed E-state index contributed by atoms with van der Waals surface area (Å²) in [6.07, 6.45) is 4.15. The molecule has 1 aromatic carbocycles. The molecule has 0 spiro atoms. The monoisotopic (exact) mass is 312 g/mol. The average Bonchev–Trinajstić information content (AvgIpc) is 3.25. The zero-order valence-electron chi connectivity index (χ0n) is 11.0. The highest BCUT2D eigenvalue weighted by Crippen LogP contribution is 2.23. The van der Waals surface area contributed by atoms with Crippen LogP contribution in [0.25, 0.3) is 0 Å². The van der Waals surface area contributed by atoms with E-state index in [9.17, 15) is 28.5 Å². The lowest BCUT2D eigenvalue weighted by molar-refractivity contribution is -0.385. The summed E-state index contributed by atoms with van der Waals surface area (Å²) < 4.78 is 30.4. The Bertz CT molecular complexity index is 671. The highest BCUT2D eigenvalue weighted by molar-refractivity contribution is 6.02. The molecule has 0 heterocycles. The van der Waals surface area contributed by atoms with Crippen molar-refractivity contribution >= 4 is 17.6 Å². The SMILES string of the molecule is O=C(C=CNC1CC1)OC(=O)c1cc(F)c(F)cc1[N+](=O)[O-]. The van der Waals surface area contributed by atoms with Crippen LogP contribution in [0.3, 0.4) is 0 Å². The molecule has 1 aliphatic carbocycles. The van der Waals surface area contributed by atoms with Crippen LogP contribution in [0.1, 0.15) is 23.2 Å². The molecule has 116 valence electrons. The average molecular weight is 312 g/mol. The molecule has 1 aromatic rings. The van der Waals surface area contributed by atoms with Crippen LogP contribution in [0.4, 0.5) is 14.5 Å². The number of carbonyl (C=O) groups is 2. The van der Waals surface area contributed by atoms with Crippen LogP contribution in [0.2, 0.25) is 0 Å². The van der Waals surface area contributed by atoms with Crippen molar-refractivity contribution in [3.05, 3.63) is 51.7 Å². The molecule has 0 atom stereocenters. The molecule has 1 fully saturated rings. The first kappa shape index (κ1) is 15.5. The minimum absolute atomic E-state index is 0.251. The second kappa shape index (κ2) is 6.29. The Labute approximate surface area is 122 Å². The van der Waals surface area contributed by atoms with E-state index in [1.54, 1.807) is 0 Å². The van der Waals surface area contributed by atoms with Crippen LogP contribution in [-0.4, -0.2) is 22.9 Å². The molecule has 0 aromatic heterocycles. The molecular weight excluding hydrogens is 302 g/mol. The van der Waals surface area contributed by atoms with E-state index in [0.717, 1.165) is 18.9 Å². The summed E-state index contributed by atoms with van der Waals surface area (Å²) in [5, 5.41) is 13.6. The van der Waals surface area contributed by atoms with Crippen molar-refractivity contribution in [3.8, 4) is 0 Å². The highest BCUT2D eigenvalue weighted by atomic mass is 19.2. The third kappa shape index (κ3) is 3.84. The maximum absolute atomic E-state index is 13.1. The summed E-state index contributed by atoms with van der Waals surface area (Å²) >= 11 is 0. The Hall–Kier alpha value is -2.84. The van der Waals surface area contributed by atoms with E-state index in [1.807, 2.05) is 0 Å². The first-order valence-electron chi connectivity index (χ1n) is 6.20. The number of nitro groups is 1. The van der Waals surface area contributed by atoms with Crippen molar-refractivity contribution < 1.29 is 28.0 Å². The molecule has 0 amide bonds. The maximum Gasteiger partial charge on any atom is 0.353 e. The van der Waals surface area contributed by atoms with Gasteiger partial charge in [-0.25, -0.2) is 18.4 Å². The molecule has 1 aliphatic rings. The van der Waals surface area contributed by atoms with E-state index in [4.69, 9.17) is 0 Å². The number of nitro benzene ring substituents is 1. The zero-order valence-corrected chi connectivity index (χ0v) is 11.0. The highest BCUT2D eigenvalue weighted by Gasteiger charge is 2.26. The van der Waals surface area contributed by atoms with E-state index >= 15 is 0 Å². The fourth-order valence-corrected chi connectivity index (χ4v) is 1.53. The van der Waals surface area contributed by atoms with Gasteiger partial charge < -0.3 is 10.1 Å². The van der Waals surface area contributed by atoms with Gasteiger partial charge in [-0.05, 0) is 18.9 Å². The van der Waals surface area contributed by atoms with Crippen molar-refractivity contribution in [2.45, 2.75) is 18.9 Å². The molecule has 0 saturated heterocycles. The van der Waals surface area contributed by atoms with Crippen molar-refractivity contribution in [3.63, 3.8) is 0 Å². The first-order chi connectivity index (χ1) is 10.4. The second-order valence-corrected chi connectivity index (χ2v) is 4.52. The number of esters is 2. The van der Waals surface area contributed by atoms with Gasteiger partial charge in [-0.15, -0.1) is 0 Å². The van der Waals surface area contributed by atoms with E-state index in [0.29, 0.717) is 6.07 Å². The number of hydrogen-bond acceptors (Lipinski definition) is 6. The number of halogens is 2. The third-order valence-corrected chi connectivity index (χ3v) is 2.78. The first-order valence-corrected chi connectivity index (χ1v) is 6.20. The Kier molecular flexibility index (Phi) is 4.44. The summed E-state index contributed by atoms with van der Waals surface area (Å²) in [6, 6.07) is 0.850. The van der Waals surface area contributed by atoms with Crippen LogP contribution in [0, 0.1) is 21.7 Å². The molecule has 7 nitrogen and oxygen atoms in total. The van der Waals surface area contributed by atoms with Crippen LogP contribution in [0.5, 0.6) is 0 Å². The summed E-state index contributed by atoms with van der Waals surface area (Å²) in [5.74, 6) is -5.47. The Morgan fingerprint density at radius 1 is 1.32 bits per heavy atom. The molecule has 1 saturated carbocycles. The molecule has 22 heavy (non-hydrogen) atoms. The van der Waals surface area contributed by atoms with E-state index in [-0.39, 0.29) is 12.1 Å². The molecule has 0 bridgehead atoms. The topological polar surface area (TPSA) is 98.5 Å². The summed E-state index contributed by atoms with van der Waals surface area (Å²) in [4.78, 5) is 32.7. The van der Waals surface area contributed by atoms with Gasteiger partial charge in [0.15, 0.2) is 11.6 Å². The van der Waals surface area contributed by atoms with Gasteiger partial charge in [-0.3, -0.25) is 10.1 Å². The van der Waals surface area contributed by atoms with Crippen molar-refractivity contribution in [2.24, 2.45) is 0 Å². The number of ether oxygens (including phenoxy) is 1. The number of nitrogens with zero attached hydrogens (tertiary/aromatic N) is 1. The minimum Gasteiger partial charge on any atom is -0.388 e. The Morgan fingerprint density at radius 2 is 1.95 bits per heavy atom. The maximum atomic E-state index is 13.1. The number of hydrogen-bond donors (Lipinski definition) is 1. The third-order valence-electron chi connectivity index (χ3n) is 2.78. The quantitative estimate of drug-likeness (QED) is 0.293. The van der Waals surface area contributed by atoms with E-state index in [1.165, 1.54) is 6.20 Å². The van der Waals surface area contributed by atoms with E-state index < -0.39 is 39.7 Å². The lowest BCUT2D eigenvalue weighted by Crippen LogP contribution is -2.14. The van der Waals surface area contributed by atoms with Crippen LogP contribution in [-0.2, 0) is 9.53 Å². The largest absolute Gasteiger partial charge is 0.388 e. The number of rotatable bonds is 5. The van der Waals surface area contributed by atoms with Gasteiger partial charge >= 0.3 is 11.9 Å². The molecule has 2 rings (SSSR count). The molecule has 0 aliphatic heterocycles. The van der Waals surface area contributed by atoms with Gasteiger partial charge in [0, 0.05) is 18.3 Å². The van der Waals surface area contributed by atoms with Crippen molar-refractivity contribution in [1.82, 2.24) is 5.32 Å². The normalized spacial score (nSPS) is 13.9. The van der Waals surface area contributed by atoms with Gasteiger partial charge in [0.1, 0.15) is 5.56 Å². The van der Waals surface area contributed by atoms with Crippen LogP contribution in [0.15, 0.2) is 24.4 Å². The van der Waals surface area contributed by atoms with Crippen molar-refractivity contribution in [2.75, 3.05) is 0 Å². The standard InChI is InChI=1S/C13H10F2N2O5/c14-9-5-8(11(17(20)21)6-10(9)15)13(19)22-12(18)3-4-16-7-1-2-7/h3-7,16H,1-2H2. The lowest BCUT2D eigenvalue weighted by atomic mass is 10.1. The molecule has 0 unspecified atom stereocenters. The van der Waals surface area contributed by atoms with E-state index in [2.05, 4.69) is 10.1 Å². The molecular formula is C13H10F2N2O5. The number of nitrogens with one attached hydrogen (secondary N) is 1. The van der Waals surface area contributed by atoms with Gasteiger partial charge in [-0.1, -0.05) is 0 Å². The van der Waals surface area contributed by atoms with Crippen molar-refractivity contribution in [1.29, 1.82) is 0 Å². The van der Waals surface area contributed by atoms with Gasteiger partial charge in [0.25, 0.3) is 5.69 Å². The van der Waals surface area contributed by atoms with Crippen LogP contribution >= 0.6 is 0 Å². The fourth-order valence-electron chi connectivity index (χ4n) is 1.53. The van der Waals surface area contributed by atoms with Crippen LogP contribution < -0.4 is 5.32 Å². The predicted octanol–water partition coefficient (Wildman–Crippen LogP) is 1.82. The predicted molar refractivity (Wildman–Crippen MR) is 68.7 cm³/mol. The van der Waals surface area contributed by atoms with Gasteiger partial charge in [-0.2, -0.15) is 0 Å². The molecule has 0 radical (unpaired) electrons. The zero-order chi connectivity index (χ0) is 16.3. The summed E-state index contributed by atoms with van der Waals surface area (Å²) in [5.41, 5.74) is -1.84. The number of benzene rings is 1. The minimum atomic E-state index is -1.48. The Morgan fingerprint density at radius 3 is 2.55 bits per heavy atom. The molecule has 9 heteroatoms. The summed E-state index contributed by atoms with van der Waals surface area (Å²) in [7, 11) is 0. The fraction of sp³-hybridized carbons (Fsp3) is 0.231. The molecule has 1 N–H and O–H groups in total. The smallest absolute Gasteiger partial charge is 0.353 e. The van der Waals surface area contributed by atoms with Gasteiger partial charge in [0.2, 0.25) is 0 Å². The number of carbonyl (C=O) groups excluding carboxylic acids is 2.